The van der Waals surface area contributed by atoms with Gasteiger partial charge in [0.1, 0.15) is 5.60 Å². The molecule has 1 aliphatic rings. The minimum Gasteiger partial charge on any atom is -0.444 e. The van der Waals surface area contributed by atoms with E-state index < -0.39 is 5.60 Å². The van der Waals surface area contributed by atoms with Gasteiger partial charge in [0.25, 0.3) is 0 Å². The summed E-state index contributed by atoms with van der Waals surface area (Å²) in [4.78, 5) is 11.7. The molecule has 1 aromatic carbocycles. The predicted molar refractivity (Wildman–Crippen MR) is 80.9 cm³/mol. The molecule has 4 nitrogen and oxygen atoms in total. The quantitative estimate of drug-likeness (QED) is 0.887. The molecule has 110 valence electrons. The first-order valence-electron chi connectivity index (χ1n) is 7.23. The van der Waals surface area contributed by atoms with Gasteiger partial charge in [-0.25, -0.2) is 4.79 Å². The summed E-state index contributed by atoms with van der Waals surface area (Å²) in [5, 5.41) is 6.45. The van der Waals surface area contributed by atoms with Gasteiger partial charge < -0.3 is 15.4 Å². The van der Waals surface area contributed by atoms with Gasteiger partial charge in [0.15, 0.2) is 0 Å². The molecule has 0 saturated heterocycles. The molecule has 4 heteroatoms. The number of para-hydroxylation sites is 1. The van der Waals surface area contributed by atoms with Gasteiger partial charge in [0.2, 0.25) is 0 Å². The van der Waals surface area contributed by atoms with Crippen molar-refractivity contribution in [3.05, 3.63) is 30.3 Å². The lowest BCUT2D eigenvalue weighted by molar-refractivity contribution is 0.0505. The maximum Gasteiger partial charge on any atom is 0.407 e. The third-order valence-corrected chi connectivity index (χ3v) is 3.30. The van der Waals surface area contributed by atoms with Crippen molar-refractivity contribution in [2.45, 2.75) is 57.7 Å². The van der Waals surface area contributed by atoms with Crippen LogP contribution in [0.4, 0.5) is 10.5 Å². The zero-order valence-electron chi connectivity index (χ0n) is 12.5. The highest BCUT2D eigenvalue weighted by Crippen LogP contribution is 2.23. The lowest BCUT2D eigenvalue weighted by Crippen LogP contribution is -2.38. The second kappa shape index (κ2) is 6.16. The van der Waals surface area contributed by atoms with Crippen molar-refractivity contribution in [2.24, 2.45) is 0 Å². The molecule has 0 aliphatic heterocycles. The summed E-state index contributed by atoms with van der Waals surface area (Å²) in [5.74, 6) is 0. The largest absolute Gasteiger partial charge is 0.444 e. The summed E-state index contributed by atoms with van der Waals surface area (Å²) in [6, 6.07) is 10.8. The van der Waals surface area contributed by atoms with Gasteiger partial charge in [0.05, 0.1) is 0 Å². The highest BCUT2D eigenvalue weighted by molar-refractivity contribution is 5.68. The van der Waals surface area contributed by atoms with Crippen LogP contribution in [0.3, 0.4) is 0 Å². The Kier molecular flexibility index (Phi) is 4.53. The predicted octanol–water partition coefficient (Wildman–Crippen LogP) is 3.54. The standard InChI is InChI=1S/C16H24N2O2/c1-16(2,3)20-15(19)18-14-10-9-13(11-14)17-12-7-5-4-6-8-12/h4-8,13-14,17H,9-11H2,1-3H3,(H,18,19)/t13-,14-/m1/s1. The topological polar surface area (TPSA) is 50.4 Å². The highest BCUT2D eigenvalue weighted by Gasteiger charge is 2.27. The molecule has 20 heavy (non-hydrogen) atoms. The SMILES string of the molecule is CC(C)(C)OC(=O)N[C@@H]1CC[C@@H](Nc2ccccc2)C1. The summed E-state index contributed by atoms with van der Waals surface area (Å²) in [6.07, 6.45) is 2.68. The number of nitrogens with one attached hydrogen (secondary N) is 2. The molecule has 1 saturated carbocycles. The molecule has 0 spiro atoms. The fourth-order valence-corrected chi connectivity index (χ4v) is 2.49. The molecule has 0 unspecified atom stereocenters. The molecule has 1 amide bonds. The van der Waals surface area contributed by atoms with Crippen LogP contribution in [0, 0.1) is 0 Å². The van der Waals surface area contributed by atoms with E-state index in [4.69, 9.17) is 4.74 Å². The third-order valence-electron chi connectivity index (χ3n) is 3.30. The van der Waals surface area contributed by atoms with Crippen LogP contribution < -0.4 is 10.6 Å². The number of rotatable bonds is 3. The van der Waals surface area contributed by atoms with E-state index in [1.165, 1.54) is 0 Å². The van der Waals surface area contributed by atoms with Crippen LogP contribution in [0.25, 0.3) is 0 Å². The average molecular weight is 276 g/mol. The van der Waals surface area contributed by atoms with Gasteiger partial charge in [-0.15, -0.1) is 0 Å². The monoisotopic (exact) mass is 276 g/mol. The number of amides is 1. The number of alkyl carbamates (subject to hydrolysis) is 1. The third kappa shape index (κ3) is 4.76. The molecule has 2 atom stereocenters. The van der Waals surface area contributed by atoms with Gasteiger partial charge in [-0.05, 0) is 52.2 Å². The van der Waals surface area contributed by atoms with Crippen molar-refractivity contribution in [3.63, 3.8) is 0 Å². The Balaban J connectivity index is 1.77. The molecular weight excluding hydrogens is 252 g/mol. The summed E-state index contributed by atoms with van der Waals surface area (Å²) >= 11 is 0. The van der Waals surface area contributed by atoms with Gasteiger partial charge in [-0.2, -0.15) is 0 Å². The van der Waals surface area contributed by atoms with E-state index in [-0.39, 0.29) is 12.1 Å². The first-order chi connectivity index (χ1) is 9.42. The molecule has 0 bridgehead atoms. The molecule has 2 N–H and O–H groups in total. The summed E-state index contributed by atoms with van der Waals surface area (Å²) in [7, 11) is 0. The lowest BCUT2D eigenvalue weighted by atomic mass is 10.2. The fourth-order valence-electron chi connectivity index (χ4n) is 2.49. The Morgan fingerprint density at radius 2 is 1.80 bits per heavy atom. The average Bonchev–Trinajstić information content (AvgIpc) is 2.75. The van der Waals surface area contributed by atoms with Crippen LogP contribution in [0.5, 0.6) is 0 Å². The van der Waals surface area contributed by atoms with Gasteiger partial charge >= 0.3 is 6.09 Å². The number of hydrogen-bond acceptors (Lipinski definition) is 3. The first-order valence-corrected chi connectivity index (χ1v) is 7.23. The Labute approximate surface area is 120 Å². The number of ether oxygens (including phenoxy) is 1. The number of benzene rings is 1. The van der Waals surface area contributed by atoms with E-state index in [0.29, 0.717) is 6.04 Å². The molecule has 1 aromatic rings. The van der Waals surface area contributed by atoms with Crippen LogP contribution in [-0.2, 0) is 4.74 Å². The van der Waals surface area contributed by atoms with Gasteiger partial charge in [-0.3, -0.25) is 0 Å². The molecule has 0 aromatic heterocycles. The van der Waals surface area contributed by atoms with E-state index in [1.54, 1.807) is 0 Å². The number of carbonyl (C=O) groups is 1. The van der Waals surface area contributed by atoms with Gasteiger partial charge in [0, 0.05) is 17.8 Å². The molecule has 0 radical (unpaired) electrons. The lowest BCUT2D eigenvalue weighted by Gasteiger charge is -2.22. The normalized spacial score (nSPS) is 22.4. The number of carbonyl (C=O) groups excluding carboxylic acids is 1. The Bertz CT molecular complexity index is 440. The summed E-state index contributed by atoms with van der Waals surface area (Å²) in [5.41, 5.74) is 0.695. The maximum atomic E-state index is 11.7. The molecular formula is C16H24N2O2. The Hall–Kier alpha value is -1.71. The molecule has 1 fully saturated rings. The van der Waals surface area contributed by atoms with Crippen molar-refractivity contribution in [1.82, 2.24) is 5.32 Å². The Morgan fingerprint density at radius 1 is 1.15 bits per heavy atom. The van der Waals surface area contributed by atoms with Crippen molar-refractivity contribution in [1.29, 1.82) is 0 Å². The maximum absolute atomic E-state index is 11.7. The van der Waals surface area contributed by atoms with Crippen LogP contribution in [-0.4, -0.2) is 23.8 Å². The summed E-state index contributed by atoms with van der Waals surface area (Å²) < 4.78 is 5.28. The molecule has 1 aliphatic carbocycles. The van der Waals surface area contributed by atoms with Gasteiger partial charge in [-0.1, -0.05) is 18.2 Å². The van der Waals surface area contributed by atoms with Crippen LogP contribution in [0.2, 0.25) is 0 Å². The zero-order chi connectivity index (χ0) is 14.6. The van der Waals surface area contributed by atoms with E-state index in [0.717, 1.165) is 24.9 Å². The van der Waals surface area contributed by atoms with Crippen LogP contribution >= 0.6 is 0 Å². The minimum absolute atomic E-state index is 0.200. The fraction of sp³-hybridized carbons (Fsp3) is 0.562. The molecule has 0 heterocycles. The highest BCUT2D eigenvalue weighted by atomic mass is 16.6. The summed E-state index contributed by atoms with van der Waals surface area (Å²) in [6.45, 7) is 5.63. The molecule has 2 rings (SSSR count). The minimum atomic E-state index is -0.440. The van der Waals surface area contributed by atoms with E-state index >= 15 is 0 Å². The van der Waals surface area contributed by atoms with E-state index in [9.17, 15) is 4.79 Å². The van der Waals surface area contributed by atoms with Crippen molar-refractivity contribution in [3.8, 4) is 0 Å². The number of hydrogen-bond donors (Lipinski definition) is 2. The van der Waals surface area contributed by atoms with Crippen molar-refractivity contribution >= 4 is 11.8 Å². The zero-order valence-corrected chi connectivity index (χ0v) is 12.5. The van der Waals surface area contributed by atoms with Crippen molar-refractivity contribution < 1.29 is 9.53 Å². The second-order valence-corrected chi connectivity index (χ2v) is 6.36. The van der Waals surface area contributed by atoms with Crippen molar-refractivity contribution in [2.75, 3.05) is 5.32 Å². The number of anilines is 1. The van der Waals surface area contributed by atoms with Crippen LogP contribution in [0.1, 0.15) is 40.0 Å². The first kappa shape index (κ1) is 14.7. The van der Waals surface area contributed by atoms with E-state index in [2.05, 4.69) is 22.8 Å². The Morgan fingerprint density at radius 3 is 2.45 bits per heavy atom. The van der Waals surface area contributed by atoms with E-state index in [1.807, 2.05) is 39.0 Å². The smallest absolute Gasteiger partial charge is 0.407 e. The van der Waals surface area contributed by atoms with Crippen LogP contribution in [0.15, 0.2) is 30.3 Å². The second-order valence-electron chi connectivity index (χ2n) is 6.36.